The zero-order valence-electron chi connectivity index (χ0n) is 11.4. The molecule has 3 aromatic rings. The summed E-state index contributed by atoms with van der Waals surface area (Å²) < 4.78 is 0. The molecule has 0 fully saturated rings. The van der Waals surface area contributed by atoms with E-state index in [9.17, 15) is 5.11 Å². The number of benzene rings is 1. The summed E-state index contributed by atoms with van der Waals surface area (Å²) in [5.74, 6) is 0. The summed E-state index contributed by atoms with van der Waals surface area (Å²) in [6, 6.07) is 11.8. The summed E-state index contributed by atoms with van der Waals surface area (Å²) in [7, 11) is 0. The van der Waals surface area contributed by atoms with Crippen molar-refractivity contribution < 1.29 is 5.11 Å². The van der Waals surface area contributed by atoms with Gasteiger partial charge in [0.05, 0.1) is 5.52 Å². The lowest BCUT2D eigenvalue weighted by Crippen LogP contribution is -2.23. The molecular formula is C16H16N2OS2. The van der Waals surface area contributed by atoms with E-state index in [2.05, 4.69) is 34.4 Å². The van der Waals surface area contributed by atoms with Gasteiger partial charge in [0.15, 0.2) is 0 Å². The van der Waals surface area contributed by atoms with E-state index in [1.165, 1.54) is 4.88 Å². The van der Waals surface area contributed by atoms with Crippen LogP contribution in [0.5, 0.6) is 0 Å². The first kappa shape index (κ1) is 14.5. The number of fused-ring (bicyclic) bond motifs is 1. The van der Waals surface area contributed by atoms with Crippen LogP contribution in [0.4, 0.5) is 0 Å². The summed E-state index contributed by atoms with van der Waals surface area (Å²) in [4.78, 5) is 6.46. The van der Waals surface area contributed by atoms with E-state index in [1.54, 1.807) is 17.5 Å². The van der Waals surface area contributed by atoms with Gasteiger partial charge in [-0.3, -0.25) is 10.3 Å². The molecule has 3 nitrogen and oxygen atoms in total. The lowest BCUT2D eigenvalue weighted by Gasteiger charge is -2.15. The third kappa shape index (κ3) is 3.27. The summed E-state index contributed by atoms with van der Waals surface area (Å²) >= 11 is 6.15. The van der Waals surface area contributed by atoms with Crippen molar-refractivity contribution >= 4 is 34.9 Å². The molecule has 2 heterocycles. The lowest BCUT2D eigenvalue weighted by molar-refractivity contribution is 0.141. The predicted octanol–water partition coefficient (Wildman–Crippen LogP) is 3.41. The zero-order chi connectivity index (χ0) is 14.7. The third-order valence-corrected chi connectivity index (χ3v) is 4.66. The van der Waals surface area contributed by atoms with E-state index >= 15 is 0 Å². The minimum atomic E-state index is -0.703. The average Bonchev–Trinajstić information content (AvgIpc) is 3.00. The Hall–Kier alpha value is -1.40. The molecule has 0 aliphatic heterocycles. The number of hydrogen-bond acceptors (Lipinski definition) is 5. The Labute approximate surface area is 133 Å². The van der Waals surface area contributed by atoms with E-state index in [0.717, 1.165) is 34.3 Å². The first-order valence-corrected chi connectivity index (χ1v) is 8.09. The Balaban J connectivity index is 1.75. The molecule has 21 heavy (non-hydrogen) atoms. The van der Waals surface area contributed by atoms with Crippen molar-refractivity contribution in [2.75, 3.05) is 6.54 Å². The molecule has 5 heteroatoms. The maximum absolute atomic E-state index is 10.4. The highest BCUT2D eigenvalue weighted by molar-refractivity contribution is 7.80. The van der Waals surface area contributed by atoms with Crippen LogP contribution in [-0.4, -0.2) is 16.6 Å². The van der Waals surface area contributed by atoms with E-state index in [-0.39, 0.29) is 0 Å². The Morgan fingerprint density at radius 1 is 1.24 bits per heavy atom. The largest absolute Gasteiger partial charge is 0.374 e. The number of nitrogens with one attached hydrogen (secondary N) is 1. The molecule has 2 aromatic heterocycles. The molecule has 2 N–H and O–H groups in total. The van der Waals surface area contributed by atoms with Crippen molar-refractivity contribution in [1.29, 1.82) is 0 Å². The SMILES string of the molecule is OC(NCCc1cccs1)c1ccnc2c(S)cccc12. The zero-order valence-corrected chi connectivity index (χ0v) is 13.1. The molecule has 0 bridgehead atoms. The lowest BCUT2D eigenvalue weighted by atomic mass is 10.1. The van der Waals surface area contributed by atoms with Crippen molar-refractivity contribution in [2.45, 2.75) is 17.5 Å². The monoisotopic (exact) mass is 316 g/mol. The molecule has 3 rings (SSSR count). The molecule has 0 radical (unpaired) electrons. The van der Waals surface area contributed by atoms with Crippen molar-refractivity contribution in [3.8, 4) is 0 Å². The van der Waals surface area contributed by atoms with Crippen LogP contribution in [0.3, 0.4) is 0 Å². The van der Waals surface area contributed by atoms with E-state index in [0.29, 0.717) is 0 Å². The fraction of sp³-hybridized carbons (Fsp3) is 0.188. The molecule has 0 amide bonds. The molecule has 1 aromatic carbocycles. The van der Waals surface area contributed by atoms with Gasteiger partial charge >= 0.3 is 0 Å². The molecule has 1 unspecified atom stereocenters. The van der Waals surface area contributed by atoms with Crippen LogP contribution in [0.15, 0.2) is 52.9 Å². The number of nitrogens with zero attached hydrogens (tertiary/aromatic N) is 1. The molecule has 0 aliphatic rings. The molecular weight excluding hydrogens is 300 g/mol. The fourth-order valence-corrected chi connectivity index (χ4v) is 3.29. The van der Waals surface area contributed by atoms with Crippen molar-refractivity contribution in [3.05, 3.63) is 58.4 Å². The molecule has 0 spiro atoms. The average molecular weight is 316 g/mol. The highest BCUT2D eigenvalue weighted by Crippen LogP contribution is 2.25. The predicted molar refractivity (Wildman–Crippen MR) is 90.0 cm³/mol. The number of aliphatic hydroxyl groups is 1. The first-order valence-electron chi connectivity index (χ1n) is 6.76. The number of pyridine rings is 1. The maximum atomic E-state index is 10.4. The number of aliphatic hydroxyl groups excluding tert-OH is 1. The molecule has 0 saturated carbocycles. The van der Waals surface area contributed by atoms with Crippen LogP contribution in [0.2, 0.25) is 0 Å². The highest BCUT2D eigenvalue weighted by Gasteiger charge is 2.12. The van der Waals surface area contributed by atoms with E-state index < -0.39 is 6.23 Å². The normalized spacial score (nSPS) is 12.7. The third-order valence-electron chi connectivity index (χ3n) is 3.37. The first-order chi connectivity index (χ1) is 10.3. The standard InChI is InChI=1S/C16H16N2OS2/c19-16(18-8-6-11-3-2-10-21-11)13-7-9-17-15-12(13)4-1-5-14(15)20/h1-5,7,9-10,16,18-20H,6,8H2. The van der Waals surface area contributed by atoms with Gasteiger partial charge in [-0.1, -0.05) is 18.2 Å². The molecule has 1 atom stereocenters. The van der Waals surface area contributed by atoms with Crippen molar-refractivity contribution in [3.63, 3.8) is 0 Å². The minimum absolute atomic E-state index is 0.703. The number of thiophene rings is 1. The van der Waals surface area contributed by atoms with Gasteiger partial charge in [0.1, 0.15) is 6.23 Å². The van der Waals surface area contributed by atoms with Crippen LogP contribution < -0.4 is 5.32 Å². The van der Waals surface area contributed by atoms with Crippen molar-refractivity contribution in [1.82, 2.24) is 10.3 Å². The smallest absolute Gasteiger partial charge is 0.131 e. The van der Waals surface area contributed by atoms with Gasteiger partial charge in [0.2, 0.25) is 0 Å². The Morgan fingerprint density at radius 2 is 2.14 bits per heavy atom. The Morgan fingerprint density at radius 3 is 2.95 bits per heavy atom. The van der Waals surface area contributed by atoms with Gasteiger partial charge in [0.25, 0.3) is 0 Å². The fourth-order valence-electron chi connectivity index (χ4n) is 2.32. The van der Waals surface area contributed by atoms with Crippen LogP contribution >= 0.6 is 24.0 Å². The number of para-hydroxylation sites is 1. The van der Waals surface area contributed by atoms with Gasteiger partial charge in [-0.15, -0.1) is 24.0 Å². The van der Waals surface area contributed by atoms with Crippen LogP contribution in [0.1, 0.15) is 16.7 Å². The van der Waals surface area contributed by atoms with Gasteiger partial charge in [-0.05, 0) is 30.0 Å². The summed E-state index contributed by atoms with van der Waals surface area (Å²) in [6.07, 6.45) is 1.92. The molecule has 0 aliphatic carbocycles. The van der Waals surface area contributed by atoms with Crippen LogP contribution in [0, 0.1) is 0 Å². The quantitative estimate of drug-likeness (QED) is 0.499. The van der Waals surface area contributed by atoms with Crippen LogP contribution in [-0.2, 0) is 6.42 Å². The second kappa shape index (κ2) is 6.58. The number of aromatic nitrogens is 1. The Bertz CT molecular complexity index is 728. The second-order valence-corrected chi connectivity index (χ2v) is 6.27. The van der Waals surface area contributed by atoms with E-state index in [4.69, 9.17) is 0 Å². The summed E-state index contributed by atoms with van der Waals surface area (Å²) in [6.45, 7) is 0.728. The molecule has 108 valence electrons. The summed E-state index contributed by atoms with van der Waals surface area (Å²) in [5.41, 5.74) is 1.65. The number of thiol groups is 1. The number of hydrogen-bond donors (Lipinski definition) is 3. The summed E-state index contributed by atoms with van der Waals surface area (Å²) in [5, 5.41) is 16.5. The van der Waals surface area contributed by atoms with Gasteiger partial charge in [-0.25, -0.2) is 0 Å². The Kier molecular flexibility index (Phi) is 4.55. The van der Waals surface area contributed by atoms with Gasteiger partial charge in [-0.2, -0.15) is 0 Å². The number of rotatable bonds is 5. The van der Waals surface area contributed by atoms with Gasteiger partial charge < -0.3 is 5.11 Å². The van der Waals surface area contributed by atoms with Crippen molar-refractivity contribution in [2.24, 2.45) is 0 Å². The van der Waals surface area contributed by atoms with Crippen LogP contribution in [0.25, 0.3) is 10.9 Å². The minimum Gasteiger partial charge on any atom is -0.374 e. The highest BCUT2D eigenvalue weighted by atomic mass is 32.1. The maximum Gasteiger partial charge on any atom is 0.131 e. The van der Waals surface area contributed by atoms with E-state index in [1.807, 2.05) is 30.3 Å². The topological polar surface area (TPSA) is 45.1 Å². The molecule has 0 saturated heterocycles. The van der Waals surface area contributed by atoms with Gasteiger partial charge in [0, 0.05) is 33.5 Å². The second-order valence-electron chi connectivity index (χ2n) is 4.76.